The molecule has 0 bridgehead atoms. The predicted molar refractivity (Wildman–Crippen MR) is 129 cm³/mol. The van der Waals surface area contributed by atoms with E-state index in [4.69, 9.17) is 22.9 Å². The number of rotatable bonds is 16. The van der Waals surface area contributed by atoms with E-state index >= 15 is 0 Å². The zero-order chi connectivity index (χ0) is 28.1. The standard InChI is InChI=1S/C20H34N10O7/c1-9(31)15(30-16(33)11(21)6-14(22)32)18(35)28-12(3-2-4-26-20(23)24)17(34)29-13(19(36)37)5-10-7-25-8-27-10/h7-9,11-13,15,31H,2-6,21H2,1H3,(H2,22,32)(H,25,27)(H,28,35)(H,29,34)(H,30,33)(H,36,37)(H4,23,24,26). The lowest BCUT2D eigenvalue weighted by atomic mass is 10.1. The molecule has 0 spiro atoms. The van der Waals surface area contributed by atoms with Gasteiger partial charge in [0.25, 0.3) is 0 Å². The summed E-state index contributed by atoms with van der Waals surface area (Å²) in [5.74, 6) is -5.09. The highest BCUT2D eigenvalue weighted by atomic mass is 16.4. The summed E-state index contributed by atoms with van der Waals surface area (Å²) in [4.78, 5) is 71.1. The van der Waals surface area contributed by atoms with Crippen LogP contribution in [0.5, 0.6) is 0 Å². The Bertz CT molecular complexity index is 963. The Morgan fingerprint density at radius 1 is 1.05 bits per heavy atom. The highest BCUT2D eigenvalue weighted by Gasteiger charge is 2.32. The summed E-state index contributed by atoms with van der Waals surface area (Å²) in [6.07, 6.45) is 0.902. The number of carboxylic acids is 1. The first-order valence-electron chi connectivity index (χ1n) is 11.2. The topological polar surface area (TPSA) is 307 Å². The molecule has 17 nitrogen and oxygen atoms in total. The SMILES string of the molecule is CC(O)C(NC(=O)C(N)CC(N)=O)C(=O)NC(CCCN=C(N)N)C(=O)NC(Cc1cnc[nH]1)C(=O)O. The lowest BCUT2D eigenvalue weighted by Crippen LogP contribution is -2.60. The highest BCUT2D eigenvalue weighted by Crippen LogP contribution is 2.05. The van der Waals surface area contributed by atoms with Crippen molar-refractivity contribution >= 4 is 35.6 Å². The first-order valence-corrected chi connectivity index (χ1v) is 11.2. The van der Waals surface area contributed by atoms with E-state index < -0.39 is 66.3 Å². The number of aliphatic hydroxyl groups excluding tert-OH is 1. The molecule has 0 fully saturated rings. The number of amides is 4. The largest absolute Gasteiger partial charge is 0.480 e. The summed E-state index contributed by atoms with van der Waals surface area (Å²) in [5.41, 5.74) is 21.6. The third-order valence-electron chi connectivity index (χ3n) is 4.99. The van der Waals surface area contributed by atoms with Gasteiger partial charge in [-0.15, -0.1) is 0 Å². The van der Waals surface area contributed by atoms with Gasteiger partial charge in [-0.2, -0.15) is 0 Å². The van der Waals surface area contributed by atoms with Gasteiger partial charge in [0.1, 0.15) is 18.1 Å². The third kappa shape index (κ3) is 11.4. The Morgan fingerprint density at radius 3 is 2.22 bits per heavy atom. The van der Waals surface area contributed by atoms with Gasteiger partial charge in [-0.05, 0) is 19.8 Å². The van der Waals surface area contributed by atoms with E-state index in [1.165, 1.54) is 19.4 Å². The van der Waals surface area contributed by atoms with Gasteiger partial charge in [0.2, 0.25) is 23.6 Å². The molecule has 206 valence electrons. The lowest BCUT2D eigenvalue weighted by molar-refractivity contribution is -0.142. The van der Waals surface area contributed by atoms with Crippen LogP contribution in [0.2, 0.25) is 0 Å². The molecule has 0 radical (unpaired) electrons. The summed E-state index contributed by atoms with van der Waals surface area (Å²) >= 11 is 0. The zero-order valence-corrected chi connectivity index (χ0v) is 20.2. The second-order valence-electron chi connectivity index (χ2n) is 8.19. The second kappa shape index (κ2) is 15.0. The van der Waals surface area contributed by atoms with Crippen LogP contribution < -0.4 is 38.9 Å². The summed E-state index contributed by atoms with van der Waals surface area (Å²) in [5, 5.41) is 26.5. The van der Waals surface area contributed by atoms with Gasteiger partial charge in [-0.25, -0.2) is 9.78 Å². The van der Waals surface area contributed by atoms with Crippen LogP contribution in [0.3, 0.4) is 0 Å². The number of hydrogen-bond donors (Lipinski definition) is 10. The van der Waals surface area contributed by atoms with E-state index in [2.05, 4.69) is 30.9 Å². The van der Waals surface area contributed by atoms with E-state index in [-0.39, 0.29) is 31.8 Å². The van der Waals surface area contributed by atoms with Crippen molar-refractivity contribution in [3.8, 4) is 0 Å². The monoisotopic (exact) mass is 526 g/mol. The number of H-pyrrole nitrogens is 1. The maximum Gasteiger partial charge on any atom is 0.326 e. The maximum absolute atomic E-state index is 13.0. The number of primary amides is 1. The molecule has 1 aromatic rings. The number of carbonyl (C=O) groups is 5. The van der Waals surface area contributed by atoms with Crippen molar-refractivity contribution in [3.63, 3.8) is 0 Å². The van der Waals surface area contributed by atoms with E-state index in [0.29, 0.717) is 5.69 Å². The van der Waals surface area contributed by atoms with Crippen molar-refractivity contribution in [1.29, 1.82) is 0 Å². The average Bonchev–Trinajstić information content (AvgIpc) is 3.30. The Morgan fingerprint density at radius 2 is 1.70 bits per heavy atom. The molecule has 0 aromatic carbocycles. The van der Waals surface area contributed by atoms with Crippen LogP contribution in [0.25, 0.3) is 0 Å². The summed E-state index contributed by atoms with van der Waals surface area (Å²) in [6.45, 7) is 1.32. The molecule has 0 saturated heterocycles. The van der Waals surface area contributed by atoms with E-state index in [0.717, 1.165) is 0 Å². The Kier molecular flexibility index (Phi) is 12.5. The molecular weight excluding hydrogens is 492 g/mol. The van der Waals surface area contributed by atoms with Crippen LogP contribution in [0.1, 0.15) is 31.9 Å². The van der Waals surface area contributed by atoms with Gasteiger partial charge >= 0.3 is 5.97 Å². The number of guanidine groups is 1. The van der Waals surface area contributed by atoms with Gasteiger partial charge in [-0.3, -0.25) is 24.2 Å². The second-order valence-corrected chi connectivity index (χ2v) is 8.19. The van der Waals surface area contributed by atoms with Crippen LogP contribution in [0.15, 0.2) is 17.5 Å². The van der Waals surface area contributed by atoms with Crippen molar-refractivity contribution in [1.82, 2.24) is 25.9 Å². The fourth-order valence-corrected chi connectivity index (χ4v) is 3.10. The molecule has 5 atom stereocenters. The van der Waals surface area contributed by atoms with Crippen LogP contribution >= 0.6 is 0 Å². The number of aromatic nitrogens is 2. The molecule has 5 unspecified atom stereocenters. The van der Waals surface area contributed by atoms with Gasteiger partial charge in [0.15, 0.2) is 5.96 Å². The minimum Gasteiger partial charge on any atom is -0.480 e. The average molecular weight is 527 g/mol. The molecule has 0 aliphatic heterocycles. The molecule has 4 amide bonds. The van der Waals surface area contributed by atoms with Gasteiger partial charge < -0.3 is 54.1 Å². The number of aliphatic imine (C=N–C) groups is 1. The number of nitrogens with one attached hydrogen (secondary N) is 4. The number of aromatic amines is 1. The number of hydrogen-bond acceptors (Lipinski definition) is 9. The molecule has 0 aliphatic rings. The summed E-state index contributed by atoms with van der Waals surface area (Å²) in [6, 6.07) is -5.57. The fourth-order valence-electron chi connectivity index (χ4n) is 3.10. The van der Waals surface area contributed by atoms with Crippen molar-refractivity contribution in [2.75, 3.05) is 6.54 Å². The van der Waals surface area contributed by atoms with Crippen LogP contribution in [0.4, 0.5) is 0 Å². The molecule has 14 N–H and O–H groups in total. The number of aliphatic hydroxyl groups is 1. The molecule has 17 heteroatoms. The first kappa shape index (κ1) is 30.8. The minimum atomic E-state index is -1.56. The van der Waals surface area contributed by atoms with Crippen molar-refractivity contribution in [2.24, 2.45) is 27.9 Å². The molecule has 1 heterocycles. The van der Waals surface area contributed by atoms with Gasteiger partial charge in [0.05, 0.1) is 24.9 Å². The number of aliphatic carboxylic acids is 1. The Labute approximate surface area is 211 Å². The molecule has 0 saturated carbocycles. The molecule has 1 aromatic heterocycles. The predicted octanol–water partition coefficient (Wildman–Crippen LogP) is -4.87. The summed E-state index contributed by atoms with van der Waals surface area (Å²) in [7, 11) is 0. The number of nitrogens with two attached hydrogens (primary N) is 4. The maximum atomic E-state index is 13.0. The first-order chi connectivity index (χ1) is 17.3. The number of carbonyl (C=O) groups excluding carboxylic acids is 4. The molecule has 0 aliphatic carbocycles. The Balaban J connectivity index is 3.01. The quantitative estimate of drug-likeness (QED) is 0.0553. The summed E-state index contributed by atoms with van der Waals surface area (Å²) < 4.78 is 0. The van der Waals surface area contributed by atoms with Crippen molar-refractivity contribution in [3.05, 3.63) is 18.2 Å². The van der Waals surface area contributed by atoms with Crippen LogP contribution in [-0.4, -0.2) is 92.6 Å². The minimum absolute atomic E-state index is 0.0214. The number of carboxylic acid groups (broad SMARTS) is 1. The highest BCUT2D eigenvalue weighted by molar-refractivity contribution is 5.95. The number of imidazole rings is 1. The lowest BCUT2D eigenvalue weighted by Gasteiger charge is -2.26. The zero-order valence-electron chi connectivity index (χ0n) is 20.2. The smallest absolute Gasteiger partial charge is 0.326 e. The van der Waals surface area contributed by atoms with Gasteiger partial charge in [0, 0.05) is 24.9 Å². The third-order valence-corrected chi connectivity index (χ3v) is 4.99. The molecular formula is C20H34N10O7. The normalized spacial score (nSPS) is 14.8. The molecule has 1 rings (SSSR count). The van der Waals surface area contributed by atoms with E-state index in [1.807, 2.05) is 0 Å². The van der Waals surface area contributed by atoms with Crippen LogP contribution in [-0.2, 0) is 30.4 Å². The van der Waals surface area contributed by atoms with E-state index in [1.54, 1.807) is 0 Å². The van der Waals surface area contributed by atoms with Crippen molar-refractivity contribution < 1.29 is 34.2 Å². The van der Waals surface area contributed by atoms with Crippen LogP contribution in [0, 0.1) is 0 Å². The van der Waals surface area contributed by atoms with Crippen molar-refractivity contribution in [2.45, 2.75) is 62.9 Å². The van der Waals surface area contributed by atoms with E-state index in [9.17, 15) is 34.2 Å². The van der Waals surface area contributed by atoms with Gasteiger partial charge in [-0.1, -0.05) is 0 Å². The number of nitrogens with zero attached hydrogens (tertiary/aromatic N) is 2. The molecule has 37 heavy (non-hydrogen) atoms. The fraction of sp³-hybridized carbons (Fsp3) is 0.550. The Hall–Kier alpha value is -4.25.